The molecule has 1 unspecified atom stereocenters. The van der Waals surface area contributed by atoms with Crippen molar-refractivity contribution in [3.05, 3.63) is 29.5 Å². The van der Waals surface area contributed by atoms with Crippen molar-refractivity contribution in [2.45, 2.75) is 70.2 Å². The summed E-state index contributed by atoms with van der Waals surface area (Å²) in [5.74, 6) is -0.133. The number of nitrogens with zero attached hydrogens (tertiary/aromatic N) is 2. The summed E-state index contributed by atoms with van der Waals surface area (Å²) in [7, 11) is 0. The minimum atomic E-state index is -1.02. The second-order valence-electron chi connectivity index (χ2n) is 8.94. The number of fused-ring (bicyclic) bond motifs is 3. The quantitative estimate of drug-likeness (QED) is 0.693. The summed E-state index contributed by atoms with van der Waals surface area (Å²) in [6, 6.07) is 6.46. The van der Waals surface area contributed by atoms with Gasteiger partial charge in [0.1, 0.15) is 5.69 Å². The molecule has 2 aromatic rings. The summed E-state index contributed by atoms with van der Waals surface area (Å²) in [4.78, 5) is 15.6. The van der Waals surface area contributed by atoms with Gasteiger partial charge in [-0.2, -0.15) is 5.10 Å². The lowest BCUT2D eigenvalue weighted by Gasteiger charge is -2.48. The molecule has 0 radical (unpaired) electrons. The number of morpholine rings is 1. The van der Waals surface area contributed by atoms with Gasteiger partial charge in [0.15, 0.2) is 0 Å². The molecule has 29 heavy (non-hydrogen) atoms. The molecule has 2 saturated heterocycles. The van der Waals surface area contributed by atoms with Gasteiger partial charge in [-0.05, 0) is 39.7 Å². The molecule has 7 heteroatoms. The Kier molecular flexibility index (Phi) is 5.64. The Hall–Kier alpha value is -1.96. The number of carbonyl (C=O) groups is 1. The highest BCUT2D eigenvalue weighted by Gasteiger charge is 2.39. The van der Waals surface area contributed by atoms with Crippen LogP contribution in [0.4, 0.5) is 0 Å². The average Bonchev–Trinajstić information content (AvgIpc) is 3.09. The highest BCUT2D eigenvalue weighted by atomic mass is 16.5. The normalized spacial score (nSPS) is 25.3. The molecule has 3 N–H and O–H groups in total. The van der Waals surface area contributed by atoms with Crippen molar-refractivity contribution in [3.8, 4) is 0 Å². The number of hydrogen-bond donors (Lipinski definition) is 3. The van der Waals surface area contributed by atoms with Crippen molar-refractivity contribution in [3.63, 3.8) is 0 Å². The summed E-state index contributed by atoms with van der Waals surface area (Å²) >= 11 is 0. The first-order chi connectivity index (χ1) is 13.9. The zero-order valence-electron chi connectivity index (χ0n) is 17.6. The van der Waals surface area contributed by atoms with E-state index in [-0.39, 0.29) is 11.9 Å². The molecule has 1 aromatic carbocycles. The second-order valence-corrected chi connectivity index (χ2v) is 8.94. The van der Waals surface area contributed by atoms with Gasteiger partial charge in [-0.25, -0.2) is 0 Å². The maximum atomic E-state index is 13.0. The van der Waals surface area contributed by atoms with Crippen LogP contribution in [0.3, 0.4) is 0 Å². The van der Waals surface area contributed by atoms with Crippen LogP contribution in [-0.4, -0.2) is 64.0 Å². The van der Waals surface area contributed by atoms with E-state index in [1.165, 1.54) is 12.8 Å². The maximum absolute atomic E-state index is 13.0. The largest absolute Gasteiger partial charge is 0.386 e. The summed E-state index contributed by atoms with van der Waals surface area (Å²) in [6.07, 6.45) is 4.21. The Morgan fingerprint density at radius 2 is 2.07 bits per heavy atom. The van der Waals surface area contributed by atoms with Gasteiger partial charge >= 0.3 is 0 Å². The zero-order valence-corrected chi connectivity index (χ0v) is 17.6. The molecule has 2 aliphatic heterocycles. The van der Waals surface area contributed by atoms with Crippen LogP contribution in [0.25, 0.3) is 10.9 Å². The molecule has 2 fully saturated rings. The van der Waals surface area contributed by atoms with Crippen LogP contribution < -0.4 is 5.32 Å². The van der Waals surface area contributed by atoms with Gasteiger partial charge < -0.3 is 15.2 Å². The molecule has 2 aliphatic rings. The Labute approximate surface area is 171 Å². The smallest absolute Gasteiger partial charge is 0.270 e. The number of piperidine rings is 1. The third-order valence-corrected chi connectivity index (χ3v) is 6.25. The van der Waals surface area contributed by atoms with Crippen LogP contribution in [0.15, 0.2) is 18.2 Å². The number of unbranched alkanes of at least 4 members (excludes halogenated alkanes) is 1. The van der Waals surface area contributed by atoms with E-state index < -0.39 is 5.60 Å². The Morgan fingerprint density at radius 3 is 2.72 bits per heavy atom. The molecule has 1 amide bonds. The number of hydrogen-bond acceptors (Lipinski definition) is 5. The molecule has 0 spiro atoms. The lowest BCUT2D eigenvalue weighted by Crippen LogP contribution is -2.60. The molecule has 0 saturated carbocycles. The van der Waals surface area contributed by atoms with E-state index >= 15 is 0 Å². The van der Waals surface area contributed by atoms with Crippen LogP contribution in [-0.2, 0) is 10.3 Å². The van der Waals surface area contributed by atoms with Gasteiger partial charge in [-0.3, -0.25) is 14.8 Å². The maximum Gasteiger partial charge on any atom is 0.270 e. The Morgan fingerprint density at radius 1 is 1.34 bits per heavy atom. The standard InChI is InChI=1S/C22H32N4O3/c1-4-5-9-26-15-10-14(11-16(26)13-29-12-15)23-21(27)20-17-7-6-8-18(22(2,3)28)19(17)24-25-20/h6-8,14-16,28H,4-5,9-13H2,1-3H3,(H,23,27)(H,24,25)/t14?,15-,16+. The topological polar surface area (TPSA) is 90.5 Å². The van der Waals surface area contributed by atoms with Gasteiger partial charge in [-0.15, -0.1) is 0 Å². The SMILES string of the molecule is CCCCN1[C@@H]2COC[C@H]1CC(NC(=O)c1[nH]nc3c(C(C)(C)O)cccc13)C2. The average molecular weight is 401 g/mol. The van der Waals surface area contributed by atoms with E-state index in [0.717, 1.165) is 38.0 Å². The number of rotatable bonds is 6. The summed E-state index contributed by atoms with van der Waals surface area (Å²) in [6.45, 7) is 8.27. The van der Waals surface area contributed by atoms with Gasteiger partial charge in [0.05, 0.1) is 24.3 Å². The Balaban J connectivity index is 1.49. The molecule has 3 heterocycles. The zero-order chi connectivity index (χ0) is 20.6. The summed E-state index contributed by atoms with van der Waals surface area (Å²) in [5.41, 5.74) is 0.789. The predicted molar refractivity (Wildman–Crippen MR) is 112 cm³/mol. The number of amides is 1. The molecule has 2 bridgehead atoms. The van der Waals surface area contributed by atoms with E-state index in [1.54, 1.807) is 13.8 Å². The number of carbonyl (C=O) groups excluding carboxylic acids is 1. The van der Waals surface area contributed by atoms with Crippen LogP contribution >= 0.6 is 0 Å². The molecule has 1 aromatic heterocycles. The number of para-hydroxylation sites is 1. The van der Waals surface area contributed by atoms with Gasteiger partial charge in [0.25, 0.3) is 5.91 Å². The predicted octanol–water partition coefficient (Wildman–Crippen LogP) is 2.55. The van der Waals surface area contributed by atoms with Crippen molar-refractivity contribution in [1.82, 2.24) is 20.4 Å². The highest BCUT2D eigenvalue weighted by Crippen LogP contribution is 2.30. The number of aromatic nitrogens is 2. The minimum Gasteiger partial charge on any atom is -0.386 e. The minimum absolute atomic E-state index is 0.133. The van der Waals surface area contributed by atoms with Crippen LogP contribution in [0.1, 0.15) is 62.5 Å². The lowest BCUT2D eigenvalue weighted by atomic mass is 9.89. The van der Waals surface area contributed by atoms with Crippen molar-refractivity contribution in [2.75, 3.05) is 19.8 Å². The van der Waals surface area contributed by atoms with E-state index in [4.69, 9.17) is 4.74 Å². The second kappa shape index (κ2) is 8.05. The number of aliphatic hydroxyl groups is 1. The molecule has 7 nitrogen and oxygen atoms in total. The van der Waals surface area contributed by atoms with Crippen molar-refractivity contribution in [1.29, 1.82) is 0 Å². The number of aromatic amines is 1. The first-order valence-corrected chi connectivity index (χ1v) is 10.7. The fraction of sp³-hybridized carbons (Fsp3) is 0.636. The van der Waals surface area contributed by atoms with E-state index in [2.05, 4.69) is 27.3 Å². The number of H-pyrrole nitrogens is 1. The van der Waals surface area contributed by atoms with Crippen molar-refractivity contribution < 1.29 is 14.6 Å². The van der Waals surface area contributed by atoms with Crippen LogP contribution in [0.5, 0.6) is 0 Å². The van der Waals surface area contributed by atoms with Crippen LogP contribution in [0.2, 0.25) is 0 Å². The first-order valence-electron chi connectivity index (χ1n) is 10.7. The fourth-order valence-corrected chi connectivity index (χ4v) is 4.78. The highest BCUT2D eigenvalue weighted by molar-refractivity contribution is 6.05. The van der Waals surface area contributed by atoms with E-state index in [0.29, 0.717) is 28.9 Å². The Bertz CT molecular complexity index is 859. The molecular weight excluding hydrogens is 368 g/mol. The third kappa shape index (κ3) is 4.04. The number of nitrogens with one attached hydrogen (secondary N) is 2. The molecule has 0 aliphatic carbocycles. The van der Waals surface area contributed by atoms with E-state index in [1.807, 2.05) is 18.2 Å². The fourth-order valence-electron chi connectivity index (χ4n) is 4.78. The van der Waals surface area contributed by atoms with Crippen molar-refractivity contribution >= 4 is 16.8 Å². The summed E-state index contributed by atoms with van der Waals surface area (Å²) in [5, 5.41) is 21.6. The molecule has 3 atom stereocenters. The van der Waals surface area contributed by atoms with Gasteiger partial charge in [-0.1, -0.05) is 31.5 Å². The summed E-state index contributed by atoms with van der Waals surface area (Å²) < 4.78 is 5.78. The van der Waals surface area contributed by atoms with Crippen molar-refractivity contribution in [2.24, 2.45) is 0 Å². The molecule has 158 valence electrons. The monoisotopic (exact) mass is 400 g/mol. The molecular formula is C22H32N4O3. The van der Waals surface area contributed by atoms with Crippen LogP contribution in [0, 0.1) is 0 Å². The molecule has 4 rings (SSSR count). The van der Waals surface area contributed by atoms with E-state index in [9.17, 15) is 9.90 Å². The van der Waals surface area contributed by atoms with Gasteiger partial charge in [0, 0.05) is 29.1 Å². The third-order valence-electron chi connectivity index (χ3n) is 6.25. The van der Waals surface area contributed by atoms with Gasteiger partial charge in [0.2, 0.25) is 0 Å². The first kappa shape index (κ1) is 20.3. The number of ether oxygens (including phenoxy) is 1. The lowest BCUT2D eigenvalue weighted by molar-refractivity contribution is -0.0802. The number of benzene rings is 1.